The number of halogens is 2. The summed E-state index contributed by atoms with van der Waals surface area (Å²) in [6, 6.07) is 5.54. The van der Waals surface area contributed by atoms with Gasteiger partial charge in [0, 0.05) is 67.3 Å². The van der Waals surface area contributed by atoms with E-state index in [1.165, 1.54) is 11.3 Å². The van der Waals surface area contributed by atoms with Gasteiger partial charge in [0.25, 0.3) is 11.8 Å². The van der Waals surface area contributed by atoms with Crippen molar-refractivity contribution in [3.05, 3.63) is 56.1 Å². The molecular weight excluding hydrogens is 469 g/mol. The normalized spacial score (nSPS) is 17.6. The van der Waals surface area contributed by atoms with Gasteiger partial charge in [0.15, 0.2) is 5.01 Å². The molecular formula is C22H21Cl2N5O2S. The van der Waals surface area contributed by atoms with Gasteiger partial charge in [0.05, 0.1) is 21.8 Å². The zero-order valence-electron chi connectivity index (χ0n) is 17.4. The molecule has 4 heterocycles. The number of nitrogens with zero attached hydrogens (tertiary/aromatic N) is 5. The molecule has 0 radical (unpaired) electrons. The SMILES string of the molecule is Cc1nc2cc(Cl)cc(Cl)c2cc1C(=O)N1CC(N2CCN(C(=O)c3nccs3)CC2)C1. The summed E-state index contributed by atoms with van der Waals surface area (Å²) in [5.41, 5.74) is 1.92. The molecule has 0 aliphatic carbocycles. The molecule has 0 N–H and O–H groups in total. The topological polar surface area (TPSA) is 69.6 Å². The van der Waals surface area contributed by atoms with Gasteiger partial charge in [0.1, 0.15) is 0 Å². The molecule has 10 heteroatoms. The predicted molar refractivity (Wildman–Crippen MR) is 126 cm³/mol. The second-order valence-corrected chi connectivity index (χ2v) is 9.84. The van der Waals surface area contributed by atoms with Crippen molar-refractivity contribution < 1.29 is 9.59 Å². The molecule has 0 spiro atoms. The number of hydrogen-bond acceptors (Lipinski definition) is 6. The lowest BCUT2D eigenvalue weighted by molar-refractivity contribution is 0.00848. The Morgan fingerprint density at radius 2 is 1.78 bits per heavy atom. The molecule has 2 aliphatic rings. The lowest BCUT2D eigenvalue weighted by atomic mass is 10.0. The Morgan fingerprint density at radius 3 is 2.47 bits per heavy atom. The maximum atomic E-state index is 13.1. The summed E-state index contributed by atoms with van der Waals surface area (Å²) >= 11 is 13.8. The first kappa shape index (κ1) is 21.6. The van der Waals surface area contributed by atoms with Crippen molar-refractivity contribution in [3.8, 4) is 0 Å². The molecule has 3 aromatic rings. The van der Waals surface area contributed by atoms with Gasteiger partial charge < -0.3 is 9.80 Å². The van der Waals surface area contributed by atoms with E-state index in [-0.39, 0.29) is 11.8 Å². The van der Waals surface area contributed by atoms with E-state index in [1.54, 1.807) is 18.3 Å². The summed E-state index contributed by atoms with van der Waals surface area (Å²) < 4.78 is 0. The van der Waals surface area contributed by atoms with Crippen molar-refractivity contribution in [1.29, 1.82) is 0 Å². The number of benzene rings is 1. The van der Waals surface area contributed by atoms with Crippen LogP contribution in [-0.2, 0) is 0 Å². The first-order chi connectivity index (χ1) is 15.4. The molecule has 2 fully saturated rings. The number of piperazine rings is 1. The van der Waals surface area contributed by atoms with Crippen LogP contribution < -0.4 is 0 Å². The average molecular weight is 490 g/mol. The van der Waals surface area contributed by atoms with Crippen molar-refractivity contribution >= 4 is 57.3 Å². The maximum absolute atomic E-state index is 13.1. The molecule has 32 heavy (non-hydrogen) atoms. The number of aromatic nitrogens is 2. The standard InChI is InChI=1S/C22H21Cl2N5O2S/c1-13-16(10-17-18(24)8-14(23)9-19(17)26-13)21(30)29-11-15(12-29)27-3-5-28(6-4-27)22(31)20-25-2-7-32-20/h2,7-10,15H,3-6,11-12H2,1H3. The minimum atomic E-state index is -0.0308. The molecule has 166 valence electrons. The number of rotatable bonds is 3. The third-order valence-corrected chi connectivity index (χ3v) is 7.44. The minimum Gasteiger partial charge on any atom is -0.335 e. The van der Waals surface area contributed by atoms with Gasteiger partial charge >= 0.3 is 0 Å². The fourth-order valence-corrected chi connectivity index (χ4v) is 5.43. The second-order valence-electron chi connectivity index (χ2n) is 8.11. The zero-order valence-corrected chi connectivity index (χ0v) is 19.8. The number of fused-ring (bicyclic) bond motifs is 1. The molecule has 2 amide bonds. The van der Waals surface area contributed by atoms with Gasteiger partial charge in [-0.3, -0.25) is 19.5 Å². The summed E-state index contributed by atoms with van der Waals surface area (Å²) in [5, 5.41) is 4.09. The first-order valence-corrected chi connectivity index (χ1v) is 12.0. The van der Waals surface area contributed by atoms with Crippen molar-refractivity contribution in [2.45, 2.75) is 13.0 Å². The van der Waals surface area contributed by atoms with Crippen LogP contribution in [0.1, 0.15) is 25.9 Å². The number of aryl methyl sites for hydroxylation is 1. The highest BCUT2D eigenvalue weighted by atomic mass is 35.5. The third-order valence-electron chi connectivity index (χ3n) is 6.15. The zero-order chi connectivity index (χ0) is 22.4. The Kier molecular flexibility index (Phi) is 5.79. The Bertz CT molecular complexity index is 1190. The average Bonchev–Trinajstić information content (AvgIpc) is 3.27. The van der Waals surface area contributed by atoms with Crippen LogP contribution in [-0.4, -0.2) is 81.8 Å². The van der Waals surface area contributed by atoms with Gasteiger partial charge in [0.2, 0.25) is 0 Å². The molecule has 0 unspecified atom stereocenters. The van der Waals surface area contributed by atoms with Crippen LogP contribution in [0.2, 0.25) is 10.0 Å². The number of pyridine rings is 1. The number of carbonyl (C=O) groups excluding carboxylic acids is 2. The van der Waals surface area contributed by atoms with Gasteiger partial charge in [-0.05, 0) is 25.1 Å². The molecule has 2 aromatic heterocycles. The number of hydrogen-bond donors (Lipinski definition) is 0. The van der Waals surface area contributed by atoms with Crippen LogP contribution in [0.3, 0.4) is 0 Å². The number of carbonyl (C=O) groups is 2. The lowest BCUT2D eigenvalue weighted by Crippen LogP contribution is -2.64. The van der Waals surface area contributed by atoms with Crippen LogP contribution in [0.25, 0.3) is 10.9 Å². The molecule has 7 nitrogen and oxygen atoms in total. The van der Waals surface area contributed by atoms with E-state index in [4.69, 9.17) is 23.2 Å². The highest BCUT2D eigenvalue weighted by Crippen LogP contribution is 2.30. The number of likely N-dealkylation sites (tertiary alicyclic amines) is 1. The van der Waals surface area contributed by atoms with Crippen LogP contribution in [0.15, 0.2) is 29.8 Å². The van der Waals surface area contributed by atoms with Crippen LogP contribution >= 0.6 is 34.5 Å². The Labute approximate surface area is 199 Å². The fourth-order valence-electron chi connectivity index (χ4n) is 4.29. The summed E-state index contributed by atoms with van der Waals surface area (Å²) in [6.07, 6.45) is 1.66. The molecule has 5 rings (SSSR count). The molecule has 2 saturated heterocycles. The first-order valence-electron chi connectivity index (χ1n) is 10.4. The van der Waals surface area contributed by atoms with Gasteiger partial charge in [-0.15, -0.1) is 11.3 Å². The van der Waals surface area contributed by atoms with E-state index in [1.807, 2.05) is 28.2 Å². The summed E-state index contributed by atoms with van der Waals surface area (Å²) in [4.78, 5) is 40.3. The molecule has 0 saturated carbocycles. The van der Waals surface area contributed by atoms with Crippen LogP contribution in [0.5, 0.6) is 0 Å². The van der Waals surface area contributed by atoms with Gasteiger partial charge in [-0.25, -0.2) is 4.98 Å². The van der Waals surface area contributed by atoms with Gasteiger partial charge in [-0.2, -0.15) is 0 Å². The van der Waals surface area contributed by atoms with Crippen molar-refractivity contribution in [1.82, 2.24) is 24.7 Å². The highest BCUT2D eigenvalue weighted by Gasteiger charge is 2.37. The van der Waals surface area contributed by atoms with E-state index >= 15 is 0 Å². The van der Waals surface area contributed by atoms with E-state index in [0.29, 0.717) is 64.0 Å². The number of amides is 2. The monoisotopic (exact) mass is 489 g/mol. The van der Waals surface area contributed by atoms with Crippen molar-refractivity contribution in [3.63, 3.8) is 0 Å². The molecule has 0 atom stereocenters. The quantitative estimate of drug-likeness (QED) is 0.562. The molecule has 1 aromatic carbocycles. The third kappa shape index (κ3) is 3.96. The maximum Gasteiger partial charge on any atom is 0.282 e. The van der Waals surface area contributed by atoms with E-state index in [2.05, 4.69) is 14.9 Å². The number of thiazole rings is 1. The summed E-state index contributed by atoms with van der Waals surface area (Å²) in [6.45, 7) is 6.14. The summed E-state index contributed by atoms with van der Waals surface area (Å²) in [5.74, 6) is -0.0268. The largest absolute Gasteiger partial charge is 0.335 e. The fraction of sp³-hybridized carbons (Fsp3) is 0.364. The smallest absolute Gasteiger partial charge is 0.282 e. The Morgan fingerprint density at radius 1 is 1.03 bits per heavy atom. The van der Waals surface area contributed by atoms with Crippen molar-refractivity contribution in [2.75, 3.05) is 39.3 Å². The molecule has 2 aliphatic heterocycles. The van der Waals surface area contributed by atoms with E-state index in [0.717, 1.165) is 18.5 Å². The van der Waals surface area contributed by atoms with Gasteiger partial charge in [-0.1, -0.05) is 23.2 Å². The van der Waals surface area contributed by atoms with Crippen LogP contribution in [0, 0.1) is 6.92 Å². The van der Waals surface area contributed by atoms with Crippen molar-refractivity contribution in [2.24, 2.45) is 0 Å². The van der Waals surface area contributed by atoms with E-state index < -0.39 is 0 Å². The van der Waals surface area contributed by atoms with E-state index in [9.17, 15) is 9.59 Å². The lowest BCUT2D eigenvalue weighted by Gasteiger charge is -2.48. The van der Waals surface area contributed by atoms with Crippen LogP contribution in [0.4, 0.5) is 0 Å². The predicted octanol–water partition coefficient (Wildman–Crippen LogP) is 3.59. The second kappa shape index (κ2) is 8.59. The Balaban J connectivity index is 1.20. The highest BCUT2D eigenvalue weighted by molar-refractivity contribution is 7.11. The molecule has 0 bridgehead atoms. The summed E-state index contributed by atoms with van der Waals surface area (Å²) in [7, 11) is 0. The minimum absolute atomic E-state index is 0.00397. The Hall–Kier alpha value is -2.26.